The van der Waals surface area contributed by atoms with E-state index in [1.165, 1.54) is 0 Å². The number of hydrogen-bond donors (Lipinski definition) is 0. The zero-order valence-corrected chi connectivity index (χ0v) is 17.9. The fourth-order valence-corrected chi connectivity index (χ4v) is 4.57. The van der Waals surface area contributed by atoms with Crippen LogP contribution in [0.4, 0.5) is 10.6 Å². The lowest BCUT2D eigenvalue weighted by atomic mass is 10.1. The Morgan fingerprint density at radius 3 is 2.39 bits per heavy atom. The lowest BCUT2D eigenvalue weighted by molar-refractivity contribution is 0.0123. The van der Waals surface area contributed by atoms with Gasteiger partial charge in [0.15, 0.2) is 0 Å². The lowest BCUT2D eigenvalue weighted by Gasteiger charge is -2.42. The van der Waals surface area contributed by atoms with E-state index in [1.54, 1.807) is 6.07 Å². The summed E-state index contributed by atoms with van der Waals surface area (Å²) >= 11 is 12.3. The van der Waals surface area contributed by atoms with Crippen molar-refractivity contribution >= 4 is 46.0 Å². The summed E-state index contributed by atoms with van der Waals surface area (Å²) in [4.78, 5) is 29.9. The van der Waals surface area contributed by atoms with Gasteiger partial charge in [-0.05, 0) is 52.1 Å². The molecule has 2 aliphatic rings. The normalized spacial score (nSPS) is 22.1. The number of ether oxygens (including phenoxy) is 1. The van der Waals surface area contributed by atoms with Crippen LogP contribution >= 0.6 is 23.2 Å². The summed E-state index contributed by atoms with van der Waals surface area (Å²) in [6.07, 6.45) is 1.65. The van der Waals surface area contributed by atoms with Crippen LogP contribution in [-0.2, 0) is 4.74 Å². The predicted molar refractivity (Wildman–Crippen MR) is 109 cm³/mol. The summed E-state index contributed by atoms with van der Waals surface area (Å²) < 4.78 is 5.62. The van der Waals surface area contributed by atoms with Gasteiger partial charge in [-0.2, -0.15) is 4.98 Å². The Hall–Kier alpha value is -1.86. The smallest absolute Gasteiger partial charge is 0.410 e. The average molecular weight is 424 g/mol. The second-order valence-electron chi connectivity index (χ2n) is 8.42. The van der Waals surface area contributed by atoms with Crippen molar-refractivity contribution in [1.29, 1.82) is 0 Å². The second-order valence-corrected chi connectivity index (χ2v) is 9.14. The molecular formula is C19H23Cl2N5O2. The predicted octanol–water partition coefficient (Wildman–Crippen LogP) is 4.23. The molecule has 2 aliphatic heterocycles. The molecule has 0 radical (unpaired) electrons. The highest BCUT2D eigenvalue weighted by Crippen LogP contribution is 2.36. The monoisotopic (exact) mass is 423 g/mol. The molecule has 7 nitrogen and oxygen atoms in total. The van der Waals surface area contributed by atoms with E-state index >= 15 is 0 Å². The van der Waals surface area contributed by atoms with Gasteiger partial charge in [-0.3, -0.25) is 4.90 Å². The van der Waals surface area contributed by atoms with Crippen LogP contribution < -0.4 is 4.90 Å². The Labute approximate surface area is 174 Å². The number of carbonyl (C=O) groups is 1. The van der Waals surface area contributed by atoms with Gasteiger partial charge in [0.2, 0.25) is 5.28 Å². The van der Waals surface area contributed by atoms with Gasteiger partial charge in [-0.15, -0.1) is 0 Å². The van der Waals surface area contributed by atoms with Gasteiger partial charge in [0.25, 0.3) is 0 Å². The fraction of sp³-hybridized carbons (Fsp3) is 0.579. The molecule has 0 aromatic carbocycles. The number of nitrogens with zero attached hydrogens (tertiary/aromatic N) is 5. The van der Waals surface area contributed by atoms with Gasteiger partial charge >= 0.3 is 6.09 Å². The molecule has 2 saturated heterocycles. The molecule has 2 atom stereocenters. The van der Waals surface area contributed by atoms with E-state index in [0.29, 0.717) is 23.8 Å². The standard InChI is InChI=1S/C19H23Cl2N5O2/c1-10-15-13(7-14(20)22-10)23-17(21)24-16(15)25-8-11-5-6-12(9-25)26(11)18(27)28-19(2,3)4/h7,11-12H,5-6,8-9H2,1-4H3. The highest BCUT2D eigenvalue weighted by Gasteiger charge is 2.45. The number of aryl methyl sites for hydroxylation is 1. The Balaban J connectivity index is 1.66. The molecule has 0 saturated carbocycles. The Bertz CT molecular complexity index is 927. The first-order valence-corrected chi connectivity index (χ1v) is 10.1. The Morgan fingerprint density at radius 2 is 1.79 bits per heavy atom. The number of anilines is 1. The molecule has 4 heterocycles. The topological polar surface area (TPSA) is 71.5 Å². The summed E-state index contributed by atoms with van der Waals surface area (Å²) in [7, 11) is 0. The van der Waals surface area contributed by atoms with E-state index in [9.17, 15) is 4.79 Å². The van der Waals surface area contributed by atoms with Gasteiger partial charge in [0.05, 0.1) is 28.7 Å². The van der Waals surface area contributed by atoms with Crippen molar-refractivity contribution in [3.05, 3.63) is 22.2 Å². The first kappa shape index (κ1) is 19.5. The van der Waals surface area contributed by atoms with Crippen molar-refractivity contribution in [3.63, 3.8) is 0 Å². The van der Waals surface area contributed by atoms with E-state index in [4.69, 9.17) is 27.9 Å². The first-order chi connectivity index (χ1) is 13.1. The van der Waals surface area contributed by atoms with Crippen LogP contribution in [0.15, 0.2) is 6.07 Å². The van der Waals surface area contributed by atoms with Crippen LogP contribution in [0.3, 0.4) is 0 Å². The highest BCUT2D eigenvalue weighted by atomic mass is 35.5. The van der Waals surface area contributed by atoms with Crippen LogP contribution in [0, 0.1) is 6.92 Å². The van der Waals surface area contributed by atoms with Crippen LogP contribution in [0.25, 0.3) is 10.9 Å². The zero-order valence-electron chi connectivity index (χ0n) is 16.4. The third kappa shape index (κ3) is 3.57. The molecular weight excluding hydrogens is 401 g/mol. The van der Waals surface area contributed by atoms with Crippen molar-refractivity contribution < 1.29 is 9.53 Å². The molecule has 28 heavy (non-hydrogen) atoms. The number of rotatable bonds is 1. The highest BCUT2D eigenvalue weighted by molar-refractivity contribution is 6.30. The number of piperazine rings is 1. The summed E-state index contributed by atoms with van der Waals surface area (Å²) in [6, 6.07) is 1.86. The van der Waals surface area contributed by atoms with Gasteiger partial charge in [-0.1, -0.05) is 11.6 Å². The molecule has 2 aromatic heterocycles. The number of halogens is 2. The molecule has 2 aromatic rings. The van der Waals surface area contributed by atoms with Crippen LogP contribution in [0.5, 0.6) is 0 Å². The summed E-state index contributed by atoms with van der Waals surface area (Å²) in [5.74, 6) is 0.748. The quantitative estimate of drug-likeness (QED) is 0.504. The molecule has 4 rings (SSSR count). The average Bonchev–Trinajstić information content (AvgIpc) is 2.82. The number of amides is 1. The minimum atomic E-state index is -0.508. The third-order valence-corrected chi connectivity index (χ3v) is 5.53. The van der Waals surface area contributed by atoms with Crippen molar-refractivity contribution in [2.75, 3.05) is 18.0 Å². The van der Waals surface area contributed by atoms with Crippen molar-refractivity contribution in [2.45, 2.75) is 58.2 Å². The number of pyridine rings is 1. The molecule has 1 amide bonds. The molecule has 2 unspecified atom stereocenters. The van der Waals surface area contributed by atoms with Crippen molar-refractivity contribution in [3.8, 4) is 0 Å². The van der Waals surface area contributed by atoms with Gasteiger partial charge in [-0.25, -0.2) is 14.8 Å². The van der Waals surface area contributed by atoms with Crippen molar-refractivity contribution in [1.82, 2.24) is 19.9 Å². The molecule has 0 spiro atoms. The number of aromatic nitrogens is 3. The largest absolute Gasteiger partial charge is 0.444 e. The van der Waals surface area contributed by atoms with Crippen LogP contribution in [-0.4, -0.2) is 56.7 Å². The lowest BCUT2D eigenvalue weighted by Crippen LogP contribution is -2.57. The van der Waals surface area contributed by atoms with Gasteiger partial charge in [0.1, 0.15) is 16.6 Å². The zero-order chi connectivity index (χ0) is 20.2. The SMILES string of the molecule is Cc1nc(Cl)cc2nc(Cl)nc(N3CC4CCC(C3)N4C(=O)OC(C)(C)C)c12. The number of hydrogen-bond acceptors (Lipinski definition) is 6. The van der Waals surface area contributed by atoms with Crippen molar-refractivity contribution in [2.24, 2.45) is 0 Å². The van der Waals surface area contributed by atoms with Crippen LogP contribution in [0.1, 0.15) is 39.3 Å². The van der Waals surface area contributed by atoms with E-state index in [2.05, 4.69) is 19.9 Å². The summed E-state index contributed by atoms with van der Waals surface area (Å²) in [6.45, 7) is 8.89. The summed E-state index contributed by atoms with van der Waals surface area (Å²) in [5, 5.41) is 1.39. The number of carbonyl (C=O) groups excluding carboxylic acids is 1. The van der Waals surface area contributed by atoms with E-state index in [-0.39, 0.29) is 23.5 Å². The maximum Gasteiger partial charge on any atom is 0.410 e. The maximum absolute atomic E-state index is 12.7. The molecule has 2 fully saturated rings. The van der Waals surface area contributed by atoms with Gasteiger partial charge in [0, 0.05) is 19.2 Å². The van der Waals surface area contributed by atoms with E-state index < -0.39 is 5.60 Å². The van der Waals surface area contributed by atoms with Crippen LogP contribution in [0.2, 0.25) is 10.4 Å². The first-order valence-electron chi connectivity index (χ1n) is 9.39. The van der Waals surface area contributed by atoms with Gasteiger partial charge < -0.3 is 9.64 Å². The van der Waals surface area contributed by atoms with E-state index in [1.807, 2.05) is 32.6 Å². The fourth-order valence-electron chi connectivity index (χ4n) is 4.17. The minimum absolute atomic E-state index is 0.0814. The molecule has 0 aliphatic carbocycles. The third-order valence-electron chi connectivity index (χ3n) is 5.17. The maximum atomic E-state index is 12.7. The Morgan fingerprint density at radius 1 is 1.14 bits per heavy atom. The Kier molecular flexibility index (Phi) is 4.78. The number of fused-ring (bicyclic) bond motifs is 3. The second kappa shape index (κ2) is 6.88. The van der Waals surface area contributed by atoms with E-state index in [0.717, 1.165) is 29.7 Å². The molecule has 150 valence electrons. The minimum Gasteiger partial charge on any atom is -0.444 e. The molecule has 9 heteroatoms. The summed E-state index contributed by atoms with van der Waals surface area (Å²) in [5.41, 5.74) is 0.928. The molecule has 2 bridgehead atoms. The molecule has 0 N–H and O–H groups in total.